The van der Waals surface area contributed by atoms with Crippen molar-refractivity contribution in [2.24, 2.45) is 29.1 Å². The predicted octanol–water partition coefficient (Wildman–Crippen LogP) is 3.72. The number of carboxylic acids is 1. The van der Waals surface area contributed by atoms with Gasteiger partial charge in [0.15, 0.2) is 0 Å². The molecule has 1 heterocycles. The molecule has 2 aromatic rings. The molecular formula is C32H42N2O7. The van der Waals surface area contributed by atoms with Crippen LogP contribution in [0.25, 0.3) is 11.1 Å². The van der Waals surface area contributed by atoms with Gasteiger partial charge in [0.2, 0.25) is 5.91 Å². The number of aromatic carboxylic acids is 1. The highest BCUT2D eigenvalue weighted by Crippen LogP contribution is 2.61. The molecule has 4 aliphatic rings. The molecule has 1 aliphatic heterocycles. The molecule has 9 heteroatoms. The summed E-state index contributed by atoms with van der Waals surface area (Å²) in [7, 11) is 1.55. The molecule has 6 rings (SSSR count). The average molecular weight is 567 g/mol. The first-order chi connectivity index (χ1) is 19.5. The first-order valence-corrected chi connectivity index (χ1v) is 14.5. The van der Waals surface area contributed by atoms with Crippen LogP contribution in [0.5, 0.6) is 5.75 Å². The van der Waals surface area contributed by atoms with E-state index in [1.807, 2.05) is 24.3 Å². The van der Waals surface area contributed by atoms with Crippen molar-refractivity contribution in [3.63, 3.8) is 0 Å². The van der Waals surface area contributed by atoms with Crippen molar-refractivity contribution >= 4 is 11.9 Å². The Bertz CT molecular complexity index is 1290. The zero-order valence-corrected chi connectivity index (χ0v) is 24.4. The second kappa shape index (κ2) is 11.4. The van der Waals surface area contributed by atoms with Crippen LogP contribution in [0, 0.1) is 29.1 Å². The molecular weight excluding hydrogens is 524 g/mol. The Kier molecular flexibility index (Phi) is 8.18. The van der Waals surface area contributed by atoms with Crippen molar-refractivity contribution in [2.75, 3.05) is 13.7 Å². The van der Waals surface area contributed by atoms with Crippen molar-refractivity contribution in [3.05, 3.63) is 53.6 Å². The smallest absolute Gasteiger partial charge is 0.335 e. The fourth-order valence-corrected chi connectivity index (χ4v) is 7.65. The van der Waals surface area contributed by atoms with Crippen LogP contribution in [-0.4, -0.2) is 70.3 Å². The van der Waals surface area contributed by atoms with E-state index in [1.165, 1.54) is 12.5 Å². The van der Waals surface area contributed by atoms with E-state index < -0.39 is 30.1 Å². The first kappa shape index (κ1) is 29.5. The zero-order valence-electron chi connectivity index (χ0n) is 24.4. The number of amides is 1. The topological polar surface area (TPSA) is 129 Å². The molecule has 41 heavy (non-hydrogen) atoms. The summed E-state index contributed by atoms with van der Waals surface area (Å²) in [6.07, 6.45) is 0.491. The Labute approximate surface area is 241 Å². The molecule has 4 N–H and O–H groups in total. The number of aliphatic hydroxyl groups excluding tert-OH is 2. The molecule has 222 valence electrons. The van der Waals surface area contributed by atoms with Crippen molar-refractivity contribution in [1.82, 2.24) is 10.4 Å². The lowest BCUT2D eigenvalue weighted by Gasteiger charge is -2.62. The highest BCUT2D eigenvalue weighted by Gasteiger charge is 2.57. The third-order valence-electron chi connectivity index (χ3n) is 10.1. The zero-order chi connectivity index (χ0) is 29.6. The van der Waals surface area contributed by atoms with Crippen LogP contribution < -0.4 is 10.1 Å². The minimum atomic E-state index is -1.02. The van der Waals surface area contributed by atoms with E-state index in [0.717, 1.165) is 12.0 Å². The van der Waals surface area contributed by atoms with Crippen molar-refractivity contribution in [1.29, 1.82) is 0 Å². The van der Waals surface area contributed by atoms with Crippen LogP contribution in [-0.2, 0) is 16.2 Å². The lowest BCUT2D eigenvalue weighted by molar-refractivity contribution is -0.183. The molecule has 9 nitrogen and oxygen atoms in total. The Morgan fingerprint density at radius 3 is 2.54 bits per heavy atom. The second-order valence-corrected chi connectivity index (χ2v) is 12.6. The van der Waals surface area contributed by atoms with Crippen molar-refractivity contribution < 1.29 is 34.5 Å². The lowest BCUT2D eigenvalue weighted by atomic mass is 9.45. The number of rotatable bonds is 9. The molecule has 3 saturated carbocycles. The number of ether oxygens (including phenoxy) is 1. The maximum absolute atomic E-state index is 14.0. The number of fused-ring (bicyclic) bond motifs is 2. The van der Waals surface area contributed by atoms with Crippen LogP contribution in [0.3, 0.4) is 0 Å². The molecule has 0 spiro atoms. The highest BCUT2D eigenvalue weighted by atomic mass is 16.7. The first-order valence-electron chi connectivity index (χ1n) is 14.5. The summed E-state index contributed by atoms with van der Waals surface area (Å²) in [6.45, 7) is 8.30. The van der Waals surface area contributed by atoms with Gasteiger partial charge in [0, 0.05) is 23.1 Å². The molecule has 0 unspecified atom stereocenters. The van der Waals surface area contributed by atoms with Gasteiger partial charge in [0.1, 0.15) is 17.9 Å². The van der Waals surface area contributed by atoms with E-state index in [0.29, 0.717) is 40.0 Å². The molecule has 2 aromatic carbocycles. The van der Waals surface area contributed by atoms with E-state index >= 15 is 0 Å². The standard InChI is InChI=1S/C32H42N2O7/c1-17-24-13-22(32(24,3)4)14-25(17)33-30(37)28-27(18(2)36)26(16-35)41-34(28)15-21-10-7-11-23(29(21)40-5)19-8-6-9-20(12-19)31(38)39/h6-12,17-18,22,24-28,35-36H,13-16H2,1-5H3,(H,33,37)(H,38,39)/t17-,18-,22+,24-,25-,26-,27-,28-/m0/s1. The maximum atomic E-state index is 14.0. The lowest BCUT2D eigenvalue weighted by Crippen LogP contribution is -2.62. The average Bonchev–Trinajstić information content (AvgIpc) is 3.32. The quantitative estimate of drug-likeness (QED) is 0.362. The number of nitrogens with zero attached hydrogens (tertiary/aromatic N) is 1. The summed E-state index contributed by atoms with van der Waals surface area (Å²) in [4.78, 5) is 31.6. The second-order valence-electron chi connectivity index (χ2n) is 12.6. The molecule has 8 atom stereocenters. The van der Waals surface area contributed by atoms with Gasteiger partial charge in [-0.05, 0) is 60.6 Å². The van der Waals surface area contributed by atoms with Gasteiger partial charge in [-0.15, -0.1) is 0 Å². The number of benzene rings is 2. The number of aliphatic hydroxyl groups is 2. The summed E-state index contributed by atoms with van der Waals surface area (Å²) in [5.41, 5.74) is 2.57. The summed E-state index contributed by atoms with van der Waals surface area (Å²) in [6, 6.07) is 11.4. The molecule has 4 fully saturated rings. The monoisotopic (exact) mass is 566 g/mol. The minimum Gasteiger partial charge on any atom is -0.496 e. The number of methoxy groups -OCH3 is 1. The fourth-order valence-electron chi connectivity index (χ4n) is 7.65. The Balaban J connectivity index is 1.43. The number of carbonyl (C=O) groups excluding carboxylic acids is 1. The number of carboxylic acid groups (broad SMARTS) is 1. The molecule has 0 aromatic heterocycles. The molecule has 1 amide bonds. The SMILES string of the molecule is COc1c(CN2O[C@@H](CO)[C@H]([C@H](C)O)[C@H]2C(=O)N[C@H]2C[C@H]3C[C@@H]([C@@H]2C)C3(C)C)cccc1-c1cccc(C(=O)O)c1. The molecule has 2 bridgehead atoms. The summed E-state index contributed by atoms with van der Waals surface area (Å²) >= 11 is 0. The van der Waals surface area contributed by atoms with Gasteiger partial charge in [-0.25, -0.2) is 4.79 Å². The summed E-state index contributed by atoms with van der Waals surface area (Å²) < 4.78 is 5.81. The van der Waals surface area contributed by atoms with Crippen molar-refractivity contribution in [3.8, 4) is 16.9 Å². The van der Waals surface area contributed by atoms with Gasteiger partial charge in [-0.3, -0.25) is 9.63 Å². The van der Waals surface area contributed by atoms with E-state index in [9.17, 15) is 24.9 Å². The van der Waals surface area contributed by atoms with Crippen LogP contribution >= 0.6 is 0 Å². The fraction of sp³-hybridized carbons (Fsp3) is 0.562. The van der Waals surface area contributed by atoms with Crippen LogP contribution in [0.15, 0.2) is 42.5 Å². The van der Waals surface area contributed by atoms with Crippen LogP contribution in [0.4, 0.5) is 0 Å². The third kappa shape index (κ3) is 5.25. The van der Waals surface area contributed by atoms with E-state index in [-0.39, 0.29) is 30.7 Å². The number of para-hydroxylation sites is 1. The Hall–Kier alpha value is -2.98. The van der Waals surface area contributed by atoms with Crippen LogP contribution in [0.1, 0.15) is 56.5 Å². The largest absolute Gasteiger partial charge is 0.496 e. The molecule has 1 saturated heterocycles. The predicted molar refractivity (Wildman–Crippen MR) is 153 cm³/mol. The normalized spacial score (nSPS) is 31.2. The van der Waals surface area contributed by atoms with Gasteiger partial charge >= 0.3 is 5.97 Å². The van der Waals surface area contributed by atoms with E-state index in [2.05, 4.69) is 26.1 Å². The number of hydroxylamine groups is 2. The molecule has 0 radical (unpaired) electrons. The number of hydrogen-bond acceptors (Lipinski definition) is 7. The highest BCUT2D eigenvalue weighted by molar-refractivity contribution is 5.90. The van der Waals surface area contributed by atoms with Gasteiger partial charge in [0.25, 0.3) is 0 Å². The van der Waals surface area contributed by atoms with E-state index in [4.69, 9.17) is 9.57 Å². The van der Waals surface area contributed by atoms with E-state index in [1.54, 1.807) is 31.2 Å². The van der Waals surface area contributed by atoms with Crippen molar-refractivity contribution in [2.45, 2.75) is 71.4 Å². The summed E-state index contributed by atoms with van der Waals surface area (Å²) in [5, 5.41) is 35.2. The Morgan fingerprint density at radius 1 is 1.20 bits per heavy atom. The third-order valence-corrected chi connectivity index (χ3v) is 10.1. The maximum Gasteiger partial charge on any atom is 0.335 e. The van der Waals surface area contributed by atoms with Gasteiger partial charge in [0.05, 0.1) is 31.9 Å². The number of carbonyl (C=O) groups is 2. The summed E-state index contributed by atoms with van der Waals surface area (Å²) in [5.74, 6) is 0.141. The van der Waals surface area contributed by atoms with Gasteiger partial charge in [-0.1, -0.05) is 51.1 Å². The number of hydrogen-bond donors (Lipinski definition) is 4. The molecule has 3 aliphatic carbocycles. The number of nitrogens with one attached hydrogen (secondary N) is 1. The minimum absolute atomic E-state index is 0.0447. The Morgan fingerprint density at radius 2 is 1.93 bits per heavy atom. The van der Waals surface area contributed by atoms with Gasteiger partial charge in [-0.2, -0.15) is 5.06 Å². The van der Waals surface area contributed by atoms with Crippen LogP contribution in [0.2, 0.25) is 0 Å². The van der Waals surface area contributed by atoms with Gasteiger partial charge < -0.3 is 25.4 Å².